The molecule has 1 aromatic carbocycles. The zero-order chi connectivity index (χ0) is 14.0. The van der Waals surface area contributed by atoms with Crippen LogP contribution in [0.25, 0.3) is 0 Å². The molecule has 1 atom stereocenters. The molecule has 0 saturated heterocycles. The number of hydrogen-bond acceptors (Lipinski definition) is 3. The Morgan fingerprint density at radius 1 is 1.37 bits per heavy atom. The van der Waals surface area contributed by atoms with E-state index in [1.165, 1.54) is 6.07 Å². The highest BCUT2D eigenvalue weighted by atomic mass is 19.1. The molecule has 19 heavy (non-hydrogen) atoms. The van der Waals surface area contributed by atoms with Gasteiger partial charge < -0.3 is 10.1 Å². The summed E-state index contributed by atoms with van der Waals surface area (Å²) in [6.07, 6.45) is 0. The minimum Gasteiger partial charge on any atom is -0.436 e. The van der Waals surface area contributed by atoms with Crippen LogP contribution >= 0.6 is 0 Å². The van der Waals surface area contributed by atoms with Crippen molar-refractivity contribution in [3.05, 3.63) is 41.3 Å². The molecule has 0 radical (unpaired) electrons. The van der Waals surface area contributed by atoms with Crippen LogP contribution in [0.4, 0.5) is 4.39 Å². The van der Waals surface area contributed by atoms with Gasteiger partial charge in [-0.05, 0) is 38.6 Å². The summed E-state index contributed by atoms with van der Waals surface area (Å²) in [6, 6.07) is 6.84. The largest absolute Gasteiger partial charge is 0.436 e. The predicted octanol–water partition coefficient (Wildman–Crippen LogP) is 2.94. The van der Waals surface area contributed by atoms with Crippen molar-refractivity contribution >= 4 is 0 Å². The highest BCUT2D eigenvalue weighted by molar-refractivity contribution is 5.33. The number of nitrogens with zero attached hydrogens (tertiary/aromatic N) is 2. The predicted molar refractivity (Wildman–Crippen MR) is 71.9 cm³/mol. The Kier molecular flexibility index (Phi) is 3.85. The van der Waals surface area contributed by atoms with Gasteiger partial charge in [0.1, 0.15) is 0 Å². The summed E-state index contributed by atoms with van der Waals surface area (Å²) in [6.45, 7) is 3.83. The van der Waals surface area contributed by atoms with Crippen LogP contribution in [-0.4, -0.2) is 16.8 Å². The van der Waals surface area contributed by atoms with Crippen molar-refractivity contribution in [3.63, 3.8) is 0 Å². The van der Waals surface area contributed by atoms with E-state index in [4.69, 9.17) is 4.74 Å². The molecule has 0 spiro atoms. The van der Waals surface area contributed by atoms with Gasteiger partial charge in [-0.3, -0.25) is 0 Å². The summed E-state index contributed by atoms with van der Waals surface area (Å²) in [5.74, 6) is 0.347. The van der Waals surface area contributed by atoms with Gasteiger partial charge in [0.15, 0.2) is 11.6 Å². The van der Waals surface area contributed by atoms with E-state index in [-0.39, 0.29) is 17.6 Å². The van der Waals surface area contributed by atoms with E-state index in [0.717, 1.165) is 11.3 Å². The van der Waals surface area contributed by atoms with Crippen molar-refractivity contribution in [1.29, 1.82) is 0 Å². The lowest BCUT2D eigenvalue weighted by atomic mass is 10.1. The molecular weight excluding hydrogens is 245 g/mol. The first-order chi connectivity index (χ1) is 9.01. The Morgan fingerprint density at radius 2 is 2.11 bits per heavy atom. The molecule has 0 saturated carbocycles. The monoisotopic (exact) mass is 263 g/mol. The van der Waals surface area contributed by atoms with Crippen molar-refractivity contribution in [2.45, 2.75) is 19.9 Å². The second-order valence-corrected chi connectivity index (χ2v) is 4.55. The molecule has 102 valence electrons. The molecule has 0 bridgehead atoms. The summed E-state index contributed by atoms with van der Waals surface area (Å²) in [5.41, 5.74) is 1.71. The highest BCUT2D eigenvalue weighted by Gasteiger charge is 2.11. The van der Waals surface area contributed by atoms with Crippen LogP contribution in [0.15, 0.2) is 24.3 Å². The van der Waals surface area contributed by atoms with Crippen LogP contribution in [-0.2, 0) is 7.05 Å². The van der Waals surface area contributed by atoms with Crippen LogP contribution in [0.3, 0.4) is 0 Å². The Hall–Kier alpha value is -1.88. The van der Waals surface area contributed by atoms with Crippen molar-refractivity contribution < 1.29 is 9.13 Å². The number of aromatic nitrogens is 2. The number of nitrogens with one attached hydrogen (secondary N) is 1. The van der Waals surface area contributed by atoms with Gasteiger partial charge in [0.05, 0.1) is 5.69 Å². The molecule has 2 rings (SSSR count). The Labute approximate surface area is 112 Å². The average Bonchev–Trinajstić information content (AvgIpc) is 2.69. The number of aryl methyl sites for hydroxylation is 2. The van der Waals surface area contributed by atoms with E-state index in [9.17, 15) is 4.39 Å². The van der Waals surface area contributed by atoms with Gasteiger partial charge >= 0.3 is 0 Å². The van der Waals surface area contributed by atoms with Gasteiger partial charge in [0.2, 0.25) is 5.88 Å². The molecule has 2 aromatic rings. The quantitative estimate of drug-likeness (QED) is 0.921. The summed E-state index contributed by atoms with van der Waals surface area (Å²) in [4.78, 5) is 0. The third-order valence-electron chi connectivity index (χ3n) is 3.06. The third kappa shape index (κ3) is 2.93. The van der Waals surface area contributed by atoms with Crippen molar-refractivity contribution in [3.8, 4) is 11.6 Å². The fourth-order valence-electron chi connectivity index (χ4n) is 1.83. The zero-order valence-electron chi connectivity index (χ0n) is 11.6. The van der Waals surface area contributed by atoms with Crippen LogP contribution in [0.1, 0.15) is 24.2 Å². The summed E-state index contributed by atoms with van der Waals surface area (Å²) >= 11 is 0. The minimum atomic E-state index is -0.376. The molecule has 0 aliphatic rings. The lowest BCUT2D eigenvalue weighted by molar-refractivity contribution is 0.402. The normalized spacial score (nSPS) is 12.5. The number of ether oxygens (including phenoxy) is 1. The maximum Gasteiger partial charge on any atom is 0.217 e. The average molecular weight is 263 g/mol. The second kappa shape index (κ2) is 5.40. The molecule has 1 unspecified atom stereocenters. The first-order valence-electron chi connectivity index (χ1n) is 6.16. The van der Waals surface area contributed by atoms with E-state index >= 15 is 0 Å². The van der Waals surface area contributed by atoms with Gasteiger partial charge in [-0.1, -0.05) is 6.07 Å². The van der Waals surface area contributed by atoms with Gasteiger partial charge in [0.25, 0.3) is 0 Å². The number of halogens is 1. The first-order valence-corrected chi connectivity index (χ1v) is 6.16. The lowest BCUT2D eigenvalue weighted by Gasteiger charge is -2.12. The first kappa shape index (κ1) is 13.5. The Balaban J connectivity index is 2.24. The molecule has 1 N–H and O–H groups in total. The van der Waals surface area contributed by atoms with E-state index in [1.807, 2.05) is 27.0 Å². The van der Waals surface area contributed by atoms with Gasteiger partial charge in [-0.25, -0.2) is 9.07 Å². The fourth-order valence-corrected chi connectivity index (χ4v) is 1.83. The van der Waals surface area contributed by atoms with E-state index in [1.54, 1.807) is 23.9 Å². The highest BCUT2D eigenvalue weighted by Crippen LogP contribution is 2.27. The lowest BCUT2D eigenvalue weighted by Crippen LogP contribution is -2.12. The molecule has 1 heterocycles. The number of rotatable bonds is 4. The van der Waals surface area contributed by atoms with Crippen LogP contribution in [0, 0.1) is 12.7 Å². The molecule has 0 aliphatic carbocycles. The zero-order valence-corrected chi connectivity index (χ0v) is 11.6. The molecule has 0 amide bonds. The van der Waals surface area contributed by atoms with Crippen molar-refractivity contribution in [2.75, 3.05) is 7.05 Å². The van der Waals surface area contributed by atoms with Crippen LogP contribution < -0.4 is 10.1 Å². The smallest absolute Gasteiger partial charge is 0.217 e. The van der Waals surface area contributed by atoms with E-state index in [0.29, 0.717) is 5.88 Å². The number of benzene rings is 1. The van der Waals surface area contributed by atoms with Gasteiger partial charge in [-0.2, -0.15) is 5.10 Å². The Bertz CT molecular complexity index is 580. The summed E-state index contributed by atoms with van der Waals surface area (Å²) in [5, 5.41) is 7.22. The summed E-state index contributed by atoms with van der Waals surface area (Å²) in [7, 11) is 3.60. The van der Waals surface area contributed by atoms with Crippen molar-refractivity contribution in [1.82, 2.24) is 15.1 Å². The molecule has 4 nitrogen and oxygen atoms in total. The van der Waals surface area contributed by atoms with Gasteiger partial charge in [-0.15, -0.1) is 0 Å². The SMILES string of the molecule is CNC(C)c1ccc(Oc2cc(C)nn2C)c(F)c1. The standard InChI is InChI=1S/C14H18FN3O/c1-9-7-14(18(4)17-9)19-13-6-5-11(8-12(13)15)10(2)16-3/h5-8,10,16H,1-4H3. The summed E-state index contributed by atoms with van der Waals surface area (Å²) < 4.78 is 21.1. The van der Waals surface area contributed by atoms with Crippen molar-refractivity contribution in [2.24, 2.45) is 7.05 Å². The third-order valence-corrected chi connectivity index (χ3v) is 3.06. The fraction of sp³-hybridized carbons (Fsp3) is 0.357. The van der Waals surface area contributed by atoms with Crippen LogP contribution in [0.5, 0.6) is 11.6 Å². The second-order valence-electron chi connectivity index (χ2n) is 4.55. The Morgan fingerprint density at radius 3 is 2.63 bits per heavy atom. The maximum atomic E-state index is 14.0. The van der Waals surface area contributed by atoms with Gasteiger partial charge in [0, 0.05) is 19.2 Å². The van der Waals surface area contributed by atoms with E-state index < -0.39 is 0 Å². The molecule has 0 aliphatic heterocycles. The van der Waals surface area contributed by atoms with E-state index in [2.05, 4.69) is 10.4 Å². The number of hydrogen-bond donors (Lipinski definition) is 1. The molecular formula is C14H18FN3O. The maximum absolute atomic E-state index is 14.0. The topological polar surface area (TPSA) is 39.1 Å². The van der Waals surface area contributed by atoms with Crippen LogP contribution in [0.2, 0.25) is 0 Å². The minimum absolute atomic E-state index is 0.0995. The molecule has 5 heteroatoms. The molecule has 1 aromatic heterocycles. The molecule has 0 fully saturated rings.